The molecule has 0 unspecified atom stereocenters. The van der Waals surface area contributed by atoms with Gasteiger partial charge in [0.25, 0.3) is 0 Å². The van der Waals surface area contributed by atoms with Crippen molar-refractivity contribution in [2.24, 2.45) is 0 Å². The third-order valence-corrected chi connectivity index (χ3v) is 4.73. The molecular formula is C23H22O2. The van der Waals surface area contributed by atoms with Crippen molar-refractivity contribution in [2.45, 2.75) is 20.8 Å². The third-order valence-electron chi connectivity index (χ3n) is 4.73. The van der Waals surface area contributed by atoms with Gasteiger partial charge in [0.15, 0.2) is 0 Å². The standard InChI is InChI=1S/C23H22O2/c1-15-9-5-7-11-18(15)20-13-14-21(19-12-8-6-10-16(19)2)22(17(20)3)23(24)25-4/h5-14H,1-4H3. The van der Waals surface area contributed by atoms with Crippen LogP contribution < -0.4 is 0 Å². The number of benzene rings is 3. The fourth-order valence-corrected chi connectivity index (χ4v) is 3.34. The number of carbonyl (C=O) groups excluding carboxylic acids is 1. The Morgan fingerprint density at radius 1 is 0.680 bits per heavy atom. The van der Waals surface area contributed by atoms with Gasteiger partial charge >= 0.3 is 5.97 Å². The van der Waals surface area contributed by atoms with E-state index in [-0.39, 0.29) is 5.97 Å². The second-order valence-electron chi connectivity index (χ2n) is 6.28. The largest absolute Gasteiger partial charge is 0.465 e. The number of esters is 1. The maximum atomic E-state index is 12.6. The summed E-state index contributed by atoms with van der Waals surface area (Å²) in [5, 5.41) is 0. The van der Waals surface area contributed by atoms with E-state index in [2.05, 4.69) is 38.1 Å². The summed E-state index contributed by atoms with van der Waals surface area (Å²) in [6.45, 7) is 6.14. The van der Waals surface area contributed by atoms with Crippen molar-refractivity contribution in [3.8, 4) is 22.3 Å². The number of methoxy groups -OCH3 is 1. The molecule has 2 nitrogen and oxygen atoms in total. The second kappa shape index (κ2) is 6.94. The van der Waals surface area contributed by atoms with Crippen LogP contribution in [0.2, 0.25) is 0 Å². The van der Waals surface area contributed by atoms with Crippen LogP contribution in [-0.2, 0) is 4.74 Å². The third kappa shape index (κ3) is 3.08. The minimum absolute atomic E-state index is 0.300. The first-order valence-electron chi connectivity index (χ1n) is 8.38. The Hall–Kier alpha value is -2.87. The maximum Gasteiger partial charge on any atom is 0.338 e. The predicted molar refractivity (Wildman–Crippen MR) is 103 cm³/mol. The van der Waals surface area contributed by atoms with Gasteiger partial charge in [-0.2, -0.15) is 0 Å². The highest BCUT2D eigenvalue weighted by Gasteiger charge is 2.20. The Kier molecular flexibility index (Phi) is 4.71. The van der Waals surface area contributed by atoms with Gasteiger partial charge in [-0.25, -0.2) is 4.79 Å². The summed E-state index contributed by atoms with van der Waals surface area (Å²) < 4.78 is 5.10. The Bertz CT molecular complexity index is 939. The van der Waals surface area contributed by atoms with E-state index >= 15 is 0 Å². The summed E-state index contributed by atoms with van der Waals surface area (Å²) >= 11 is 0. The maximum absolute atomic E-state index is 12.6. The number of ether oxygens (including phenoxy) is 1. The molecule has 0 heterocycles. The molecule has 3 rings (SSSR count). The van der Waals surface area contributed by atoms with Crippen molar-refractivity contribution in [2.75, 3.05) is 7.11 Å². The van der Waals surface area contributed by atoms with E-state index < -0.39 is 0 Å². The minimum atomic E-state index is -0.300. The molecule has 25 heavy (non-hydrogen) atoms. The first kappa shape index (κ1) is 17.0. The fourth-order valence-electron chi connectivity index (χ4n) is 3.34. The number of aryl methyl sites for hydroxylation is 2. The van der Waals surface area contributed by atoms with E-state index in [1.807, 2.05) is 43.3 Å². The minimum Gasteiger partial charge on any atom is -0.465 e. The van der Waals surface area contributed by atoms with Crippen LogP contribution in [0.3, 0.4) is 0 Å². The summed E-state index contributed by atoms with van der Waals surface area (Å²) in [6, 6.07) is 20.5. The topological polar surface area (TPSA) is 26.3 Å². The SMILES string of the molecule is COC(=O)c1c(-c2ccccc2C)ccc(-c2ccccc2C)c1C. The molecule has 0 bridgehead atoms. The molecule has 0 saturated heterocycles. The van der Waals surface area contributed by atoms with Crippen LogP contribution in [0.4, 0.5) is 0 Å². The molecule has 0 radical (unpaired) electrons. The van der Waals surface area contributed by atoms with Crippen molar-refractivity contribution in [1.82, 2.24) is 0 Å². The van der Waals surface area contributed by atoms with Crippen molar-refractivity contribution in [1.29, 1.82) is 0 Å². The highest BCUT2D eigenvalue weighted by molar-refractivity contribution is 6.01. The first-order chi connectivity index (χ1) is 12.0. The van der Waals surface area contributed by atoms with E-state index in [1.54, 1.807) is 0 Å². The zero-order chi connectivity index (χ0) is 18.0. The fraction of sp³-hybridized carbons (Fsp3) is 0.174. The Balaban J connectivity index is 2.30. The molecule has 2 heteroatoms. The molecule has 0 aromatic heterocycles. The quantitative estimate of drug-likeness (QED) is 0.573. The average Bonchev–Trinajstić information content (AvgIpc) is 2.62. The molecule has 126 valence electrons. The van der Waals surface area contributed by atoms with Gasteiger partial charge < -0.3 is 4.74 Å². The lowest BCUT2D eigenvalue weighted by molar-refractivity contribution is 0.0601. The molecule has 3 aromatic rings. The van der Waals surface area contributed by atoms with Crippen molar-refractivity contribution in [3.05, 3.63) is 82.9 Å². The smallest absolute Gasteiger partial charge is 0.338 e. The average molecular weight is 330 g/mol. The number of carbonyl (C=O) groups is 1. The zero-order valence-electron chi connectivity index (χ0n) is 15.1. The number of hydrogen-bond donors (Lipinski definition) is 0. The first-order valence-corrected chi connectivity index (χ1v) is 8.38. The monoisotopic (exact) mass is 330 g/mol. The lowest BCUT2D eigenvalue weighted by atomic mass is 9.87. The van der Waals surface area contributed by atoms with Crippen LogP contribution in [0.5, 0.6) is 0 Å². The van der Waals surface area contributed by atoms with Crippen LogP contribution in [0.25, 0.3) is 22.3 Å². The van der Waals surface area contributed by atoms with Gasteiger partial charge in [0, 0.05) is 0 Å². The molecule has 0 atom stereocenters. The van der Waals surface area contributed by atoms with Crippen molar-refractivity contribution >= 4 is 5.97 Å². The van der Waals surface area contributed by atoms with Crippen LogP contribution in [0.1, 0.15) is 27.0 Å². The Labute approximate surface area is 149 Å². The lowest BCUT2D eigenvalue weighted by Crippen LogP contribution is -2.08. The van der Waals surface area contributed by atoms with Gasteiger partial charge in [-0.3, -0.25) is 0 Å². The van der Waals surface area contributed by atoms with Gasteiger partial charge in [0.1, 0.15) is 0 Å². The Morgan fingerprint density at radius 3 is 1.68 bits per heavy atom. The van der Waals surface area contributed by atoms with Gasteiger partial charge in [0.2, 0.25) is 0 Å². The molecule has 0 amide bonds. The van der Waals surface area contributed by atoms with E-state index in [4.69, 9.17) is 4.74 Å². The summed E-state index contributed by atoms with van der Waals surface area (Å²) in [4.78, 5) is 12.6. The molecule has 0 N–H and O–H groups in total. The highest BCUT2D eigenvalue weighted by atomic mass is 16.5. The van der Waals surface area contributed by atoms with E-state index in [0.717, 1.165) is 33.4 Å². The van der Waals surface area contributed by atoms with Gasteiger partial charge in [-0.15, -0.1) is 0 Å². The molecule has 3 aromatic carbocycles. The number of hydrogen-bond acceptors (Lipinski definition) is 2. The van der Waals surface area contributed by atoms with Crippen LogP contribution >= 0.6 is 0 Å². The number of rotatable bonds is 3. The molecule has 0 saturated carbocycles. The normalized spacial score (nSPS) is 10.6. The van der Waals surface area contributed by atoms with Crippen molar-refractivity contribution < 1.29 is 9.53 Å². The molecule has 0 fully saturated rings. The molecular weight excluding hydrogens is 308 g/mol. The van der Waals surface area contributed by atoms with Crippen LogP contribution in [0, 0.1) is 20.8 Å². The van der Waals surface area contributed by atoms with E-state index in [9.17, 15) is 4.79 Å². The lowest BCUT2D eigenvalue weighted by Gasteiger charge is -2.17. The van der Waals surface area contributed by atoms with Crippen LogP contribution in [0.15, 0.2) is 60.7 Å². The van der Waals surface area contributed by atoms with Crippen LogP contribution in [-0.4, -0.2) is 13.1 Å². The summed E-state index contributed by atoms with van der Waals surface area (Å²) in [6.07, 6.45) is 0. The zero-order valence-corrected chi connectivity index (χ0v) is 15.1. The van der Waals surface area contributed by atoms with Gasteiger partial charge in [0.05, 0.1) is 12.7 Å². The summed E-state index contributed by atoms with van der Waals surface area (Å²) in [7, 11) is 1.43. The molecule has 0 aliphatic heterocycles. The second-order valence-corrected chi connectivity index (χ2v) is 6.28. The van der Waals surface area contributed by atoms with Crippen molar-refractivity contribution in [3.63, 3.8) is 0 Å². The van der Waals surface area contributed by atoms with E-state index in [1.165, 1.54) is 12.7 Å². The van der Waals surface area contributed by atoms with Gasteiger partial charge in [-0.05, 0) is 59.7 Å². The molecule has 0 aliphatic carbocycles. The predicted octanol–water partition coefficient (Wildman–Crippen LogP) is 5.73. The molecule has 0 spiro atoms. The summed E-state index contributed by atoms with van der Waals surface area (Å²) in [5.74, 6) is -0.300. The Morgan fingerprint density at radius 2 is 1.16 bits per heavy atom. The molecule has 0 aliphatic rings. The summed E-state index contributed by atoms with van der Waals surface area (Å²) in [5.41, 5.74) is 8.08. The van der Waals surface area contributed by atoms with Gasteiger partial charge in [-0.1, -0.05) is 60.7 Å². The van der Waals surface area contributed by atoms with E-state index in [0.29, 0.717) is 5.56 Å². The highest BCUT2D eigenvalue weighted by Crippen LogP contribution is 2.35.